The number of likely N-dealkylation sites (tertiary alicyclic amines) is 1. The summed E-state index contributed by atoms with van der Waals surface area (Å²) in [6.45, 7) is 6.76. The zero-order valence-corrected chi connectivity index (χ0v) is 12.2. The molecule has 1 aliphatic heterocycles. The lowest BCUT2D eigenvalue weighted by Gasteiger charge is -2.41. The predicted molar refractivity (Wildman–Crippen MR) is 73.6 cm³/mol. The zero-order valence-electron chi connectivity index (χ0n) is 9.82. The molecule has 90 valence electrons. The van der Waals surface area contributed by atoms with Gasteiger partial charge in [0.25, 0.3) is 0 Å². The molecule has 2 nitrogen and oxygen atoms in total. The Labute approximate surface area is 110 Å². The first-order valence-electron chi connectivity index (χ1n) is 5.80. The van der Waals surface area contributed by atoms with E-state index in [1.165, 1.54) is 9.35 Å². The van der Waals surface area contributed by atoms with Gasteiger partial charge in [0, 0.05) is 39.9 Å². The Hall–Kier alpha value is 0.1000. The average Bonchev–Trinajstić information content (AvgIpc) is 2.65. The third kappa shape index (κ3) is 2.67. The maximum absolute atomic E-state index is 6.10. The lowest BCUT2D eigenvalue weighted by atomic mass is 9.88. The number of hydrogen-bond donors (Lipinski definition) is 1. The lowest BCUT2D eigenvalue weighted by Crippen LogP contribution is -2.51. The fourth-order valence-corrected chi connectivity index (χ4v) is 3.81. The lowest BCUT2D eigenvalue weighted by molar-refractivity contribution is 0.0920. The molecule has 0 spiro atoms. The highest BCUT2D eigenvalue weighted by atomic mass is 79.9. The molecular formula is C12H19BrN2S. The second kappa shape index (κ2) is 5.17. The molecule has 2 heterocycles. The summed E-state index contributed by atoms with van der Waals surface area (Å²) >= 11 is 5.33. The van der Waals surface area contributed by atoms with Gasteiger partial charge in [0.1, 0.15) is 0 Å². The zero-order chi connectivity index (χ0) is 11.7. The van der Waals surface area contributed by atoms with Crippen molar-refractivity contribution in [1.82, 2.24) is 4.90 Å². The third-order valence-electron chi connectivity index (χ3n) is 3.74. The van der Waals surface area contributed by atoms with E-state index in [1.54, 1.807) is 0 Å². The molecule has 0 saturated carbocycles. The summed E-state index contributed by atoms with van der Waals surface area (Å²) in [5.41, 5.74) is 6.10. The monoisotopic (exact) mass is 302 g/mol. The molecule has 0 radical (unpaired) electrons. The van der Waals surface area contributed by atoms with E-state index in [-0.39, 0.29) is 0 Å². The first kappa shape index (κ1) is 12.6. The quantitative estimate of drug-likeness (QED) is 0.910. The summed E-state index contributed by atoms with van der Waals surface area (Å²) in [7, 11) is 0. The van der Waals surface area contributed by atoms with Gasteiger partial charge in [-0.3, -0.25) is 4.90 Å². The molecule has 2 rings (SSSR count). The fourth-order valence-electron chi connectivity index (χ4n) is 2.33. The molecule has 1 aromatic heterocycles. The first-order chi connectivity index (χ1) is 7.58. The van der Waals surface area contributed by atoms with Crippen LogP contribution in [0.4, 0.5) is 0 Å². The van der Waals surface area contributed by atoms with Gasteiger partial charge in [0.2, 0.25) is 0 Å². The first-order valence-corrected chi connectivity index (χ1v) is 7.47. The number of rotatable bonds is 2. The smallest absolute Gasteiger partial charge is 0.0331 e. The van der Waals surface area contributed by atoms with Crippen LogP contribution in [0.2, 0.25) is 0 Å². The topological polar surface area (TPSA) is 29.3 Å². The summed E-state index contributed by atoms with van der Waals surface area (Å²) < 4.78 is 1.20. The van der Waals surface area contributed by atoms with Crippen LogP contribution < -0.4 is 5.73 Å². The molecule has 4 heteroatoms. The molecule has 16 heavy (non-hydrogen) atoms. The molecule has 1 aliphatic rings. The van der Waals surface area contributed by atoms with Crippen LogP contribution in [-0.2, 0) is 6.54 Å². The molecule has 0 aliphatic carbocycles. The van der Waals surface area contributed by atoms with Gasteiger partial charge in [-0.15, -0.1) is 11.3 Å². The minimum absolute atomic E-state index is 0.376. The second-order valence-electron chi connectivity index (χ2n) is 4.75. The summed E-state index contributed by atoms with van der Waals surface area (Å²) in [6, 6.07) is 3.18. The summed E-state index contributed by atoms with van der Waals surface area (Å²) in [6.07, 6.45) is 1.12. The van der Waals surface area contributed by atoms with Gasteiger partial charge in [0.15, 0.2) is 0 Å². The normalized spacial score (nSPS) is 31.9. The number of nitrogens with two attached hydrogens (primary N) is 1. The van der Waals surface area contributed by atoms with E-state index in [0.29, 0.717) is 18.0 Å². The highest BCUT2D eigenvalue weighted by Crippen LogP contribution is 2.27. The van der Waals surface area contributed by atoms with E-state index < -0.39 is 0 Å². The van der Waals surface area contributed by atoms with Gasteiger partial charge in [-0.1, -0.05) is 6.92 Å². The van der Waals surface area contributed by atoms with E-state index in [0.717, 1.165) is 19.5 Å². The van der Waals surface area contributed by atoms with Crippen molar-refractivity contribution >= 4 is 27.3 Å². The SMILES string of the molecule is CC1C(N)CCN(Cc2cc(Br)cs2)C1C. The van der Waals surface area contributed by atoms with Crippen molar-refractivity contribution in [3.8, 4) is 0 Å². The van der Waals surface area contributed by atoms with Crippen LogP contribution >= 0.6 is 27.3 Å². The van der Waals surface area contributed by atoms with Gasteiger partial charge in [-0.25, -0.2) is 0 Å². The molecule has 3 unspecified atom stereocenters. The van der Waals surface area contributed by atoms with Crippen LogP contribution in [0.1, 0.15) is 25.1 Å². The van der Waals surface area contributed by atoms with Crippen molar-refractivity contribution in [2.24, 2.45) is 11.7 Å². The number of halogens is 1. The Bertz CT molecular complexity index is 353. The summed E-state index contributed by atoms with van der Waals surface area (Å²) in [4.78, 5) is 3.98. The molecule has 0 amide bonds. The minimum atomic E-state index is 0.376. The Kier molecular flexibility index (Phi) is 4.06. The molecule has 3 atom stereocenters. The molecular weight excluding hydrogens is 284 g/mol. The van der Waals surface area contributed by atoms with Crippen LogP contribution in [0.25, 0.3) is 0 Å². The van der Waals surface area contributed by atoms with Crippen LogP contribution in [0.15, 0.2) is 15.9 Å². The van der Waals surface area contributed by atoms with Crippen LogP contribution in [0.5, 0.6) is 0 Å². The van der Waals surface area contributed by atoms with Gasteiger partial charge in [-0.2, -0.15) is 0 Å². The maximum Gasteiger partial charge on any atom is 0.0331 e. The van der Waals surface area contributed by atoms with Gasteiger partial charge < -0.3 is 5.73 Å². The van der Waals surface area contributed by atoms with Gasteiger partial charge in [0.05, 0.1) is 0 Å². The maximum atomic E-state index is 6.10. The van der Waals surface area contributed by atoms with Crippen molar-refractivity contribution in [2.75, 3.05) is 6.54 Å². The number of hydrogen-bond acceptors (Lipinski definition) is 3. The fraction of sp³-hybridized carbons (Fsp3) is 0.667. The number of thiophene rings is 1. The predicted octanol–water partition coefficient (Wildman–Crippen LogP) is 3.07. The van der Waals surface area contributed by atoms with Crippen molar-refractivity contribution in [3.63, 3.8) is 0 Å². The van der Waals surface area contributed by atoms with E-state index in [1.807, 2.05) is 11.3 Å². The summed E-state index contributed by atoms with van der Waals surface area (Å²) in [5, 5.41) is 2.15. The molecule has 0 aromatic carbocycles. The van der Waals surface area contributed by atoms with E-state index in [2.05, 4.69) is 46.1 Å². The molecule has 0 bridgehead atoms. The molecule has 1 saturated heterocycles. The number of piperidine rings is 1. The Balaban J connectivity index is 2.00. The van der Waals surface area contributed by atoms with Crippen LogP contribution in [0, 0.1) is 5.92 Å². The van der Waals surface area contributed by atoms with Gasteiger partial charge in [-0.05, 0) is 41.3 Å². The van der Waals surface area contributed by atoms with E-state index in [4.69, 9.17) is 5.73 Å². The largest absolute Gasteiger partial charge is 0.327 e. The standard InChI is InChI=1S/C12H19BrN2S/c1-8-9(2)15(4-3-12(8)14)6-11-5-10(13)7-16-11/h5,7-9,12H,3-4,6,14H2,1-2H3. The van der Waals surface area contributed by atoms with Crippen LogP contribution in [-0.4, -0.2) is 23.5 Å². The summed E-state index contributed by atoms with van der Waals surface area (Å²) in [5.74, 6) is 0.595. The van der Waals surface area contributed by atoms with Crippen molar-refractivity contribution in [2.45, 2.75) is 38.9 Å². The Morgan fingerprint density at radius 2 is 2.31 bits per heavy atom. The van der Waals surface area contributed by atoms with Crippen LogP contribution in [0.3, 0.4) is 0 Å². The van der Waals surface area contributed by atoms with E-state index in [9.17, 15) is 0 Å². The Morgan fingerprint density at radius 1 is 1.56 bits per heavy atom. The molecule has 1 aromatic rings. The van der Waals surface area contributed by atoms with Crippen molar-refractivity contribution in [3.05, 3.63) is 20.8 Å². The highest BCUT2D eigenvalue weighted by molar-refractivity contribution is 9.10. The second-order valence-corrected chi connectivity index (χ2v) is 6.67. The highest BCUT2D eigenvalue weighted by Gasteiger charge is 2.30. The van der Waals surface area contributed by atoms with E-state index >= 15 is 0 Å². The molecule has 2 N–H and O–H groups in total. The van der Waals surface area contributed by atoms with Crippen molar-refractivity contribution in [1.29, 1.82) is 0 Å². The van der Waals surface area contributed by atoms with Crippen molar-refractivity contribution < 1.29 is 0 Å². The average molecular weight is 303 g/mol. The third-order valence-corrected chi connectivity index (χ3v) is 5.42. The number of nitrogens with zero attached hydrogens (tertiary/aromatic N) is 1. The minimum Gasteiger partial charge on any atom is -0.327 e. The molecule has 1 fully saturated rings. The van der Waals surface area contributed by atoms with Gasteiger partial charge >= 0.3 is 0 Å². The Morgan fingerprint density at radius 3 is 2.94 bits per heavy atom.